The molecule has 6 nitrogen and oxygen atoms in total. The van der Waals surface area contributed by atoms with Gasteiger partial charge in [0.15, 0.2) is 0 Å². The van der Waals surface area contributed by atoms with Crippen LogP contribution < -0.4 is 10.2 Å². The Morgan fingerprint density at radius 3 is 2.42 bits per heavy atom. The predicted octanol–water partition coefficient (Wildman–Crippen LogP) is 5.05. The van der Waals surface area contributed by atoms with Crippen LogP contribution >= 0.6 is 0 Å². The topological polar surface area (TPSA) is 65.8 Å². The molecule has 0 unspecified atom stereocenters. The second-order valence-corrected chi connectivity index (χ2v) is 8.94. The van der Waals surface area contributed by atoms with Gasteiger partial charge in [0.1, 0.15) is 17.1 Å². The predicted molar refractivity (Wildman–Crippen MR) is 126 cm³/mol. The van der Waals surface area contributed by atoms with E-state index in [-0.39, 0.29) is 23.4 Å². The van der Waals surface area contributed by atoms with E-state index in [4.69, 9.17) is 4.42 Å². The molecule has 2 heterocycles. The van der Waals surface area contributed by atoms with Crippen LogP contribution in [0.15, 0.2) is 52.9 Å². The molecule has 7 heteroatoms. The molecule has 1 saturated carbocycles. The molecule has 1 aromatic heterocycles. The van der Waals surface area contributed by atoms with Crippen LogP contribution in [0.3, 0.4) is 0 Å². The van der Waals surface area contributed by atoms with Crippen molar-refractivity contribution >= 4 is 34.2 Å². The molecule has 3 aromatic rings. The number of nitrogens with one attached hydrogen (secondary N) is 1. The third kappa shape index (κ3) is 4.45. The van der Waals surface area contributed by atoms with Gasteiger partial charge in [-0.05, 0) is 43.0 Å². The van der Waals surface area contributed by atoms with Gasteiger partial charge in [0.05, 0.1) is 5.69 Å². The second kappa shape index (κ2) is 9.25. The molecule has 2 fully saturated rings. The van der Waals surface area contributed by atoms with E-state index in [1.165, 1.54) is 18.9 Å². The number of furan rings is 1. The van der Waals surface area contributed by atoms with Gasteiger partial charge in [0, 0.05) is 38.0 Å². The zero-order valence-corrected chi connectivity index (χ0v) is 18.6. The zero-order chi connectivity index (χ0) is 22.8. The Bertz CT molecular complexity index is 1160. The molecule has 0 bridgehead atoms. The van der Waals surface area contributed by atoms with Gasteiger partial charge < -0.3 is 19.5 Å². The molecule has 1 aliphatic carbocycles. The van der Waals surface area contributed by atoms with E-state index in [2.05, 4.69) is 5.32 Å². The first-order valence-electron chi connectivity index (χ1n) is 11.7. The van der Waals surface area contributed by atoms with Crippen LogP contribution in [0.2, 0.25) is 0 Å². The fourth-order valence-corrected chi connectivity index (χ4v) is 4.99. The summed E-state index contributed by atoms with van der Waals surface area (Å²) < 4.78 is 20.1. The van der Waals surface area contributed by atoms with Crippen LogP contribution in [0.5, 0.6) is 0 Å². The number of benzene rings is 2. The molecule has 33 heavy (non-hydrogen) atoms. The lowest BCUT2D eigenvalue weighted by atomic mass is 10.0. The Hall–Kier alpha value is -3.35. The van der Waals surface area contributed by atoms with E-state index in [0.29, 0.717) is 55.5 Å². The van der Waals surface area contributed by atoms with Crippen LogP contribution in [-0.4, -0.2) is 42.9 Å². The Kier molecular flexibility index (Phi) is 6.03. The lowest BCUT2D eigenvalue weighted by Gasteiger charge is -2.35. The highest BCUT2D eigenvalue weighted by molar-refractivity contribution is 6.10. The van der Waals surface area contributed by atoms with Crippen LogP contribution in [0, 0.1) is 11.7 Å². The van der Waals surface area contributed by atoms with Gasteiger partial charge in [-0.15, -0.1) is 0 Å². The zero-order valence-electron chi connectivity index (χ0n) is 18.6. The molecule has 0 atom stereocenters. The summed E-state index contributed by atoms with van der Waals surface area (Å²) in [5.74, 6) is -0.0201. The van der Waals surface area contributed by atoms with E-state index in [1.807, 2.05) is 29.2 Å². The average Bonchev–Trinajstić information content (AvgIpc) is 3.47. The fraction of sp³-hybridized carbons (Fsp3) is 0.385. The number of hydrogen-bond acceptors (Lipinski definition) is 4. The summed E-state index contributed by atoms with van der Waals surface area (Å²) in [6.45, 7) is 1.94. The molecule has 5 rings (SSSR count). The first-order valence-corrected chi connectivity index (χ1v) is 11.7. The van der Waals surface area contributed by atoms with Crippen molar-refractivity contribution in [3.8, 4) is 0 Å². The number of para-hydroxylation sites is 2. The Morgan fingerprint density at radius 1 is 0.970 bits per heavy atom. The molecule has 2 aromatic carbocycles. The molecular formula is C26H28FN3O3. The first-order chi connectivity index (χ1) is 16.1. The smallest absolute Gasteiger partial charge is 0.291 e. The number of anilines is 2. The van der Waals surface area contributed by atoms with Gasteiger partial charge in [-0.25, -0.2) is 4.39 Å². The third-order valence-electron chi connectivity index (χ3n) is 6.76. The molecule has 0 radical (unpaired) electrons. The summed E-state index contributed by atoms with van der Waals surface area (Å²) in [5, 5.41) is 3.71. The van der Waals surface area contributed by atoms with E-state index in [1.54, 1.807) is 23.1 Å². The third-order valence-corrected chi connectivity index (χ3v) is 6.76. The highest BCUT2D eigenvalue weighted by Crippen LogP contribution is 2.34. The van der Waals surface area contributed by atoms with Gasteiger partial charge in [-0.2, -0.15) is 0 Å². The molecule has 0 spiro atoms. The Labute approximate surface area is 192 Å². The number of nitrogens with zero attached hydrogens (tertiary/aromatic N) is 2. The summed E-state index contributed by atoms with van der Waals surface area (Å²) in [6.07, 6.45) is 4.98. The molecule has 2 aliphatic rings. The van der Waals surface area contributed by atoms with Crippen molar-refractivity contribution in [2.45, 2.75) is 32.1 Å². The molecular weight excluding hydrogens is 421 g/mol. The number of hydrogen-bond donors (Lipinski definition) is 1. The van der Waals surface area contributed by atoms with Crippen molar-refractivity contribution in [2.24, 2.45) is 5.92 Å². The summed E-state index contributed by atoms with van der Waals surface area (Å²) in [4.78, 5) is 29.8. The SMILES string of the molecule is O=C(CC1CCCC1)Nc1c(C(=O)N2CCN(c3ccccc3F)CC2)oc2ccccc12. The Balaban J connectivity index is 1.33. The maximum absolute atomic E-state index is 14.2. The minimum absolute atomic E-state index is 0.0770. The van der Waals surface area contributed by atoms with Crippen LogP contribution in [0.1, 0.15) is 42.7 Å². The number of halogens is 1. The van der Waals surface area contributed by atoms with Crippen molar-refractivity contribution in [1.29, 1.82) is 0 Å². The van der Waals surface area contributed by atoms with Crippen molar-refractivity contribution in [1.82, 2.24) is 4.90 Å². The quantitative estimate of drug-likeness (QED) is 0.592. The van der Waals surface area contributed by atoms with Crippen molar-refractivity contribution < 1.29 is 18.4 Å². The number of carbonyl (C=O) groups is 2. The Morgan fingerprint density at radius 2 is 1.67 bits per heavy atom. The number of carbonyl (C=O) groups excluding carboxylic acids is 2. The number of amides is 2. The van der Waals surface area contributed by atoms with Crippen molar-refractivity contribution in [2.75, 3.05) is 36.4 Å². The minimum Gasteiger partial charge on any atom is -0.449 e. The normalized spacial score (nSPS) is 17.0. The van der Waals surface area contributed by atoms with Gasteiger partial charge in [-0.3, -0.25) is 9.59 Å². The summed E-state index contributed by atoms with van der Waals surface area (Å²) >= 11 is 0. The maximum atomic E-state index is 14.2. The molecule has 1 aliphatic heterocycles. The lowest BCUT2D eigenvalue weighted by molar-refractivity contribution is -0.117. The highest BCUT2D eigenvalue weighted by Gasteiger charge is 2.30. The fourth-order valence-electron chi connectivity index (χ4n) is 4.99. The standard InChI is InChI=1S/C26H28FN3O3/c27-20-10-4-5-11-21(20)29-13-15-30(16-14-29)26(32)25-24(19-9-3-6-12-22(19)33-25)28-23(31)17-18-7-1-2-8-18/h3-6,9-12,18H,1-2,7-8,13-17H2,(H,28,31). The molecule has 172 valence electrons. The van der Waals surface area contributed by atoms with Gasteiger partial charge in [-0.1, -0.05) is 37.1 Å². The number of piperazine rings is 1. The molecule has 2 amide bonds. The second-order valence-electron chi connectivity index (χ2n) is 8.94. The highest BCUT2D eigenvalue weighted by atomic mass is 19.1. The number of fused-ring (bicyclic) bond motifs is 1. The van der Waals surface area contributed by atoms with E-state index >= 15 is 0 Å². The summed E-state index contributed by atoms with van der Waals surface area (Å²) in [7, 11) is 0. The van der Waals surface area contributed by atoms with Crippen LogP contribution in [-0.2, 0) is 4.79 Å². The van der Waals surface area contributed by atoms with E-state index in [0.717, 1.165) is 18.2 Å². The molecule has 1 N–H and O–H groups in total. The van der Waals surface area contributed by atoms with Gasteiger partial charge in [0.25, 0.3) is 5.91 Å². The van der Waals surface area contributed by atoms with E-state index < -0.39 is 0 Å². The van der Waals surface area contributed by atoms with E-state index in [9.17, 15) is 14.0 Å². The largest absolute Gasteiger partial charge is 0.449 e. The average molecular weight is 450 g/mol. The summed E-state index contributed by atoms with van der Waals surface area (Å²) in [5.41, 5.74) is 1.57. The van der Waals surface area contributed by atoms with Gasteiger partial charge in [0.2, 0.25) is 11.7 Å². The monoisotopic (exact) mass is 449 g/mol. The molecule has 1 saturated heterocycles. The van der Waals surface area contributed by atoms with Crippen LogP contribution in [0.25, 0.3) is 11.0 Å². The lowest BCUT2D eigenvalue weighted by Crippen LogP contribution is -2.49. The first kappa shape index (κ1) is 21.5. The van der Waals surface area contributed by atoms with Crippen molar-refractivity contribution in [3.63, 3.8) is 0 Å². The number of rotatable bonds is 5. The minimum atomic E-state index is -0.262. The summed E-state index contributed by atoms with van der Waals surface area (Å²) in [6, 6.07) is 14.1. The van der Waals surface area contributed by atoms with Crippen molar-refractivity contribution in [3.05, 3.63) is 60.1 Å². The van der Waals surface area contributed by atoms with Gasteiger partial charge >= 0.3 is 0 Å². The van der Waals surface area contributed by atoms with Crippen LogP contribution in [0.4, 0.5) is 15.8 Å². The maximum Gasteiger partial charge on any atom is 0.291 e.